The van der Waals surface area contributed by atoms with Gasteiger partial charge in [0.25, 0.3) is 5.91 Å². The first-order valence-electron chi connectivity index (χ1n) is 8.58. The van der Waals surface area contributed by atoms with Gasteiger partial charge in [-0.2, -0.15) is 0 Å². The van der Waals surface area contributed by atoms with Crippen molar-refractivity contribution in [2.24, 2.45) is 0 Å². The number of H-pyrrole nitrogens is 1. The number of carbonyl (C=O) groups is 1. The average Bonchev–Trinajstić information content (AvgIpc) is 3.06. The van der Waals surface area contributed by atoms with E-state index in [-0.39, 0.29) is 5.91 Å². The number of aromatic nitrogens is 2. The summed E-state index contributed by atoms with van der Waals surface area (Å²) in [4.78, 5) is 24.9. The molecule has 0 saturated carbocycles. The smallest absolute Gasteiger partial charge is 0.257 e. The summed E-state index contributed by atoms with van der Waals surface area (Å²) in [6.45, 7) is 4.02. The molecule has 4 rings (SSSR count). The van der Waals surface area contributed by atoms with Crippen LogP contribution in [0.25, 0.3) is 10.9 Å². The van der Waals surface area contributed by atoms with Gasteiger partial charge >= 0.3 is 0 Å². The molecule has 0 radical (unpaired) electrons. The zero-order valence-electron chi connectivity index (χ0n) is 14.5. The van der Waals surface area contributed by atoms with Crippen LogP contribution in [-0.4, -0.2) is 54.0 Å². The third kappa shape index (κ3) is 3.45. The second-order valence-corrected chi connectivity index (χ2v) is 7.46. The van der Waals surface area contributed by atoms with Crippen molar-refractivity contribution >= 4 is 44.2 Å². The predicted octanol–water partition coefficient (Wildman–Crippen LogP) is 3.33. The first kappa shape index (κ1) is 17.1. The summed E-state index contributed by atoms with van der Waals surface area (Å²) in [6, 6.07) is 9.70. The van der Waals surface area contributed by atoms with Crippen LogP contribution in [0.1, 0.15) is 10.4 Å². The molecule has 3 heterocycles. The van der Waals surface area contributed by atoms with Gasteiger partial charge in [-0.25, -0.2) is 4.98 Å². The number of fused-ring (bicyclic) bond motifs is 1. The number of nitrogens with zero attached hydrogens (tertiary/aromatic N) is 3. The second-order valence-electron chi connectivity index (χ2n) is 6.54. The van der Waals surface area contributed by atoms with E-state index in [1.54, 1.807) is 12.4 Å². The Labute approximate surface area is 160 Å². The highest BCUT2D eigenvalue weighted by Crippen LogP contribution is 2.24. The molecule has 2 aromatic heterocycles. The molecule has 6 nitrogen and oxygen atoms in total. The summed E-state index contributed by atoms with van der Waals surface area (Å²) in [6.07, 6.45) is 3.45. The first-order chi connectivity index (χ1) is 12.6. The van der Waals surface area contributed by atoms with Crippen LogP contribution >= 0.6 is 15.9 Å². The summed E-state index contributed by atoms with van der Waals surface area (Å²) in [7, 11) is 2.13. The highest BCUT2D eigenvalue weighted by Gasteiger charge is 2.16. The Balaban J connectivity index is 1.48. The number of amides is 1. The maximum absolute atomic E-state index is 12.6. The van der Waals surface area contributed by atoms with Gasteiger partial charge < -0.3 is 20.1 Å². The van der Waals surface area contributed by atoms with Gasteiger partial charge in [-0.3, -0.25) is 4.79 Å². The van der Waals surface area contributed by atoms with Gasteiger partial charge in [-0.05, 0) is 37.4 Å². The van der Waals surface area contributed by atoms with E-state index in [2.05, 4.69) is 48.1 Å². The third-order valence-electron chi connectivity index (χ3n) is 4.72. The molecule has 1 fully saturated rings. The Morgan fingerprint density at radius 3 is 2.73 bits per heavy atom. The molecule has 1 aliphatic rings. The monoisotopic (exact) mass is 413 g/mol. The van der Waals surface area contributed by atoms with Crippen LogP contribution in [0, 0.1) is 0 Å². The van der Waals surface area contributed by atoms with Gasteiger partial charge in [0.2, 0.25) is 0 Å². The van der Waals surface area contributed by atoms with Crippen molar-refractivity contribution in [2.45, 2.75) is 0 Å². The van der Waals surface area contributed by atoms with Crippen LogP contribution < -0.4 is 10.2 Å². The predicted molar refractivity (Wildman–Crippen MR) is 108 cm³/mol. The molecule has 1 saturated heterocycles. The van der Waals surface area contributed by atoms with Gasteiger partial charge in [0, 0.05) is 47.8 Å². The Morgan fingerprint density at radius 1 is 1.19 bits per heavy atom. The number of hydrogen-bond acceptors (Lipinski definition) is 4. The topological polar surface area (TPSA) is 64.3 Å². The molecular weight excluding hydrogens is 394 g/mol. The minimum Gasteiger partial charge on any atom is -0.360 e. The van der Waals surface area contributed by atoms with E-state index < -0.39 is 0 Å². The summed E-state index contributed by atoms with van der Waals surface area (Å²) in [5.74, 6) is 0.802. The Kier molecular flexibility index (Phi) is 4.65. The van der Waals surface area contributed by atoms with E-state index in [0.29, 0.717) is 11.3 Å². The lowest BCUT2D eigenvalue weighted by atomic mass is 10.1. The van der Waals surface area contributed by atoms with E-state index in [4.69, 9.17) is 0 Å². The number of likely N-dealkylation sites (N-methyl/N-ethyl adjacent to an activating group) is 1. The van der Waals surface area contributed by atoms with Crippen molar-refractivity contribution in [1.82, 2.24) is 14.9 Å². The molecule has 0 unspecified atom stereocenters. The summed E-state index contributed by atoms with van der Waals surface area (Å²) >= 11 is 3.45. The Hall–Kier alpha value is -2.38. The summed E-state index contributed by atoms with van der Waals surface area (Å²) in [5, 5.41) is 3.82. The number of anilines is 2. The largest absolute Gasteiger partial charge is 0.360 e. The molecule has 7 heteroatoms. The highest BCUT2D eigenvalue weighted by molar-refractivity contribution is 9.10. The SMILES string of the molecule is CN1CCN(c2ccc(NC(=O)c3c[nH]c4ccc(Br)cc34)cn2)CC1. The van der Waals surface area contributed by atoms with E-state index >= 15 is 0 Å². The minimum absolute atomic E-state index is 0.150. The minimum atomic E-state index is -0.150. The lowest BCUT2D eigenvalue weighted by Crippen LogP contribution is -2.44. The second kappa shape index (κ2) is 7.09. The fraction of sp³-hybridized carbons (Fsp3) is 0.263. The molecule has 1 aromatic carbocycles. The van der Waals surface area contributed by atoms with Crippen LogP contribution in [0.3, 0.4) is 0 Å². The normalized spacial score (nSPS) is 15.4. The molecular formula is C19H20BrN5O. The lowest BCUT2D eigenvalue weighted by Gasteiger charge is -2.33. The number of rotatable bonds is 3. The van der Waals surface area contributed by atoms with Crippen molar-refractivity contribution < 1.29 is 4.79 Å². The van der Waals surface area contributed by atoms with Crippen LogP contribution in [0.4, 0.5) is 11.5 Å². The molecule has 0 atom stereocenters. The number of piperazine rings is 1. The number of pyridine rings is 1. The maximum atomic E-state index is 12.6. The Bertz CT molecular complexity index is 929. The van der Waals surface area contributed by atoms with Crippen LogP contribution in [-0.2, 0) is 0 Å². The fourth-order valence-electron chi connectivity index (χ4n) is 3.16. The third-order valence-corrected chi connectivity index (χ3v) is 5.21. The van der Waals surface area contributed by atoms with E-state index in [1.165, 1.54) is 0 Å². The molecule has 0 spiro atoms. The summed E-state index contributed by atoms with van der Waals surface area (Å²) in [5.41, 5.74) is 2.24. The first-order valence-corrected chi connectivity index (χ1v) is 9.37. The van der Waals surface area contributed by atoms with E-state index in [9.17, 15) is 4.79 Å². The van der Waals surface area contributed by atoms with Crippen molar-refractivity contribution in [1.29, 1.82) is 0 Å². The molecule has 1 amide bonds. The molecule has 0 aliphatic carbocycles. The van der Waals surface area contributed by atoms with Crippen molar-refractivity contribution in [3.63, 3.8) is 0 Å². The fourth-order valence-corrected chi connectivity index (χ4v) is 3.52. The van der Waals surface area contributed by atoms with Crippen molar-refractivity contribution in [3.05, 3.63) is 52.8 Å². The maximum Gasteiger partial charge on any atom is 0.257 e. The van der Waals surface area contributed by atoms with Gasteiger partial charge in [0.1, 0.15) is 5.82 Å². The number of carbonyl (C=O) groups excluding carboxylic acids is 1. The van der Waals surface area contributed by atoms with E-state index in [1.807, 2.05) is 30.3 Å². The quantitative estimate of drug-likeness (QED) is 0.690. The van der Waals surface area contributed by atoms with Gasteiger partial charge in [-0.1, -0.05) is 15.9 Å². The Morgan fingerprint density at radius 2 is 2.00 bits per heavy atom. The van der Waals surface area contributed by atoms with Gasteiger partial charge in [-0.15, -0.1) is 0 Å². The highest BCUT2D eigenvalue weighted by atomic mass is 79.9. The van der Waals surface area contributed by atoms with Crippen LogP contribution in [0.15, 0.2) is 47.2 Å². The zero-order chi connectivity index (χ0) is 18.1. The number of hydrogen-bond donors (Lipinski definition) is 2. The number of halogens is 1. The molecule has 2 N–H and O–H groups in total. The van der Waals surface area contributed by atoms with E-state index in [0.717, 1.165) is 47.4 Å². The molecule has 134 valence electrons. The molecule has 1 aliphatic heterocycles. The zero-order valence-corrected chi connectivity index (χ0v) is 16.1. The van der Waals surface area contributed by atoms with Crippen molar-refractivity contribution in [2.75, 3.05) is 43.4 Å². The standard InChI is InChI=1S/C19H20BrN5O/c1-24-6-8-25(9-7-24)18-5-3-14(11-22-18)23-19(26)16-12-21-17-4-2-13(20)10-15(16)17/h2-5,10-12,21H,6-9H2,1H3,(H,23,26). The summed E-state index contributed by atoms with van der Waals surface area (Å²) < 4.78 is 0.942. The number of benzene rings is 1. The molecule has 26 heavy (non-hydrogen) atoms. The van der Waals surface area contributed by atoms with Gasteiger partial charge in [0.15, 0.2) is 0 Å². The number of nitrogens with one attached hydrogen (secondary N) is 2. The van der Waals surface area contributed by atoms with Gasteiger partial charge in [0.05, 0.1) is 17.4 Å². The molecule has 3 aromatic rings. The number of aromatic amines is 1. The molecule has 0 bridgehead atoms. The van der Waals surface area contributed by atoms with Crippen molar-refractivity contribution in [3.8, 4) is 0 Å². The average molecular weight is 414 g/mol. The van der Waals surface area contributed by atoms with Crippen LogP contribution in [0.2, 0.25) is 0 Å². The lowest BCUT2D eigenvalue weighted by molar-refractivity contribution is 0.102. The van der Waals surface area contributed by atoms with Crippen LogP contribution in [0.5, 0.6) is 0 Å².